The number of carboxylic acids is 1. The fraction of sp³-hybridized carbons (Fsp3) is 0.364. The Kier molecular flexibility index (Phi) is 2.24. The van der Waals surface area contributed by atoms with Crippen LogP contribution in [0.25, 0.3) is 0 Å². The van der Waals surface area contributed by atoms with Gasteiger partial charge in [-0.15, -0.1) is 0 Å². The second kappa shape index (κ2) is 3.17. The summed E-state index contributed by atoms with van der Waals surface area (Å²) in [4.78, 5) is 11.1. The standard InChI is InChI=1S/C11H9ClF2O2/c1-6-3-2-4-7(12)8(6)10(9(15)16)5-11(10,13)14/h2-4H,5H2,1H3,(H,15,16). The molecule has 2 nitrogen and oxygen atoms in total. The summed E-state index contributed by atoms with van der Waals surface area (Å²) in [5, 5.41) is 9.09. The highest BCUT2D eigenvalue weighted by Gasteiger charge is 2.78. The summed E-state index contributed by atoms with van der Waals surface area (Å²) in [6.07, 6.45) is -0.681. The van der Waals surface area contributed by atoms with E-state index >= 15 is 0 Å². The van der Waals surface area contributed by atoms with E-state index < -0.39 is 23.7 Å². The molecule has 0 amide bonds. The largest absolute Gasteiger partial charge is 0.480 e. The van der Waals surface area contributed by atoms with Crippen LogP contribution >= 0.6 is 11.6 Å². The molecule has 1 unspecified atom stereocenters. The lowest BCUT2D eigenvalue weighted by Gasteiger charge is -2.16. The Bertz CT molecular complexity index is 453. The first-order valence-corrected chi connectivity index (χ1v) is 5.07. The highest BCUT2D eigenvalue weighted by Crippen LogP contribution is 2.63. The van der Waals surface area contributed by atoms with Crippen LogP contribution in [-0.2, 0) is 10.2 Å². The van der Waals surface area contributed by atoms with Gasteiger partial charge in [0.15, 0.2) is 5.41 Å². The lowest BCUT2D eigenvalue weighted by molar-refractivity contribution is -0.143. The number of hydrogen-bond donors (Lipinski definition) is 1. The van der Waals surface area contributed by atoms with Crippen LogP contribution in [0.4, 0.5) is 8.78 Å². The molecule has 0 aromatic heterocycles. The van der Waals surface area contributed by atoms with E-state index in [1.54, 1.807) is 19.1 Å². The molecule has 1 aromatic rings. The van der Waals surface area contributed by atoms with E-state index in [0.717, 1.165) is 0 Å². The first kappa shape index (κ1) is 11.3. The van der Waals surface area contributed by atoms with Crippen molar-refractivity contribution >= 4 is 17.6 Å². The molecule has 0 spiro atoms. The molecular formula is C11H9ClF2O2. The molecule has 0 radical (unpaired) electrons. The van der Waals surface area contributed by atoms with E-state index in [0.29, 0.717) is 5.56 Å². The van der Waals surface area contributed by atoms with Gasteiger partial charge >= 0.3 is 5.97 Å². The molecule has 1 aliphatic carbocycles. The molecular weight excluding hydrogens is 238 g/mol. The molecule has 2 rings (SSSR count). The van der Waals surface area contributed by atoms with Crippen molar-refractivity contribution in [2.75, 3.05) is 0 Å². The summed E-state index contributed by atoms with van der Waals surface area (Å²) in [6.45, 7) is 1.58. The first-order valence-electron chi connectivity index (χ1n) is 4.70. The zero-order valence-corrected chi connectivity index (χ0v) is 9.18. The minimum atomic E-state index is -3.21. The topological polar surface area (TPSA) is 37.3 Å². The molecule has 1 atom stereocenters. The van der Waals surface area contributed by atoms with Gasteiger partial charge in [-0.2, -0.15) is 0 Å². The third-order valence-corrected chi connectivity index (χ3v) is 3.32. The summed E-state index contributed by atoms with van der Waals surface area (Å²) in [6, 6.07) is 4.63. The molecule has 86 valence electrons. The minimum Gasteiger partial charge on any atom is -0.480 e. The van der Waals surface area contributed by atoms with Crippen molar-refractivity contribution in [3.63, 3.8) is 0 Å². The van der Waals surface area contributed by atoms with Crippen LogP contribution in [0.1, 0.15) is 17.5 Å². The third-order valence-electron chi connectivity index (χ3n) is 3.00. The molecule has 1 aromatic carbocycles. The number of halogens is 3. The van der Waals surface area contributed by atoms with Crippen molar-refractivity contribution in [3.05, 3.63) is 34.3 Å². The van der Waals surface area contributed by atoms with Gasteiger partial charge in [0, 0.05) is 11.4 Å². The van der Waals surface area contributed by atoms with Gasteiger partial charge in [0.05, 0.1) is 0 Å². The van der Waals surface area contributed by atoms with Crippen LogP contribution in [0.5, 0.6) is 0 Å². The van der Waals surface area contributed by atoms with Crippen LogP contribution in [0.2, 0.25) is 5.02 Å². The van der Waals surface area contributed by atoms with Crippen molar-refractivity contribution in [3.8, 4) is 0 Å². The zero-order valence-electron chi connectivity index (χ0n) is 8.43. The SMILES string of the molecule is Cc1cccc(Cl)c1C1(C(=O)O)CC1(F)F. The number of hydrogen-bond acceptors (Lipinski definition) is 1. The molecule has 1 aliphatic rings. The Hall–Kier alpha value is -1.16. The summed E-state index contributed by atoms with van der Waals surface area (Å²) < 4.78 is 26.6. The zero-order chi connectivity index (χ0) is 12.1. The molecule has 0 saturated heterocycles. The van der Waals surface area contributed by atoms with Gasteiger partial charge in [0.25, 0.3) is 5.92 Å². The van der Waals surface area contributed by atoms with E-state index in [4.69, 9.17) is 16.7 Å². The van der Waals surface area contributed by atoms with E-state index in [2.05, 4.69) is 0 Å². The molecule has 1 fully saturated rings. The summed E-state index contributed by atoms with van der Waals surface area (Å²) in [7, 11) is 0. The lowest BCUT2D eigenvalue weighted by Crippen LogP contribution is -2.28. The van der Waals surface area contributed by atoms with Crippen LogP contribution in [0, 0.1) is 6.92 Å². The molecule has 5 heteroatoms. The molecule has 1 saturated carbocycles. The Labute approximate surface area is 95.8 Å². The monoisotopic (exact) mass is 246 g/mol. The molecule has 1 N–H and O–H groups in total. The number of benzene rings is 1. The van der Waals surface area contributed by atoms with E-state index in [9.17, 15) is 13.6 Å². The number of aryl methyl sites for hydroxylation is 1. The second-order valence-electron chi connectivity index (χ2n) is 4.02. The highest BCUT2D eigenvalue weighted by atomic mass is 35.5. The van der Waals surface area contributed by atoms with Gasteiger partial charge in [-0.05, 0) is 24.1 Å². The van der Waals surface area contributed by atoms with Crippen LogP contribution in [0.15, 0.2) is 18.2 Å². The van der Waals surface area contributed by atoms with Gasteiger partial charge in [-0.3, -0.25) is 4.79 Å². The third kappa shape index (κ3) is 1.26. The maximum atomic E-state index is 13.3. The van der Waals surface area contributed by atoms with Gasteiger partial charge in [-0.25, -0.2) is 8.78 Å². The maximum Gasteiger partial charge on any atom is 0.320 e. The Morgan fingerprint density at radius 3 is 2.44 bits per heavy atom. The van der Waals surface area contributed by atoms with E-state index in [1.807, 2.05) is 0 Å². The number of carboxylic acid groups (broad SMARTS) is 1. The second-order valence-corrected chi connectivity index (χ2v) is 4.43. The number of carbonyl (C=O) groups is 1. The molecule has 0 aliphatic heterocycles. The fourth-order valence-corrected chi connectivity index (χ4v) is 2.45. The van der Waals surface area contributed by atoms with Gasteiger partial charge in [-0.1, -0.05) is 23.7 Å². The smallest absolute Gasteiger partial charge is 0.320 e. The van der Waals surface area contributed by atoms with Crippen molar-refractivity contribution in [1.29, 1.82) is 0 Å². The van der Waals surface area contributed by atoms with Crippen LogP contribution < -0.4 is 0 Å². The van der Waals surface area contributed by atoms with Gasteiger partial charge in [0.1, 0.15) is 0 Å². The van der Waals surface area contributed by atoms with Crippen LogP contribution in [0.3, 0.4) is 0 Å². The molecule has 0 bridgehead atoms. The van der Waals surface area contributed by atoms with Crippen molar-refractivity contribution in [1.82, 2.24) is 0 Å². The van der Waals surface area contributed by atoms with E-state index in [1.165, 1.54) is 6.07 Å². The van der Waals surface area contributed by atoms with Gasteiger partial charge in [0.2, 0.25) is 0 Å². The fourth-order valence-electron chi connectivity index (χ4n) is 2.07. The summed E-state index contributed by atoms with van der Waals surface area (Å²) >= 11 is 5.83. The predicted molar refractivity (Wildman–Crippen MR) is 55.1 cm³/mol. The minimum absolute atomic E-state index is 0.0363. The van der Waals surface area contributed by atoms with Crippen molar-refractivity contribution in [2.24, 2.45) is 0 Å². The summed E-state index contributed by atoms with van der Waals surface area (Å²) in [5.74, 6) is -4.73. The normalized spacial score (nSPS) is 26.5. The number of alkyl halides is 2. The first-order chi connectivity index (χ1) is 7.33. The quantitative estimate of drug-likeness (QED) is 0.871. The van der Waals surface area contributed by atoms with Crippen molar-refractivity contribution < 1.29 is 18.7 Å². The van der Waals surface area contributed by atoms with Crippen LogP contribution in [-0.4, -0.2) is 17.0 Å². The Morgan fingerprint density at radius 1 is 1.50 bits per heavy atom. The number of aliphatic carboxylic acids is 1. The predicted octanol–water partition coefficient (Wildman–Crippen LogP) is 3.01. The Morgan fingerprint density at radius 2 is 2.06 bits per heavy atom. The Balaban J connectivity index is 2.64. The maximum absolute atomic E-state index is 13.3. The van der Waals surface area contributed by atoms with Crippen molar-refractivity contribution in [2.45, 2.75) is 24.7 Å². The number of rotatable bonds is 2. The molecule has 16 heavy (non-hydrogen) atoms. The van der Waals surface area contributed by atoms with Gasteiger partial charge < -0.3 is 5.11 Å². The van der Waals surface area contributed by atoms with E-state index in [-0.39, 0.29) is 10.6 Å². The summed E-state index contributed by atoms with van der Waals surface area (Å²) in [5.41, 5.74) is -1.61. The average molecular weight is 247 g/mol. The lowest BCUT2D eigenvalue weighted by atomic mass is 9.91. The average Bonchev–Trinajstić information content (AvgIpc) is 2.70. The highest BCUT2D eigenvalue weighted by molar-refractivity contribution is 6.32. The molecule has 0 heterocycles.